The van der Waals surface area contributed by atoms with Gasteiger partial charge in [0.1, 0.15) is 0 Å². The topological polar surface area (TPSA) is 12.0 Å². The second-order valence-electron chi connectivity index (χ2n) is 5.32. The van der Waals surface area contributed by atoms with Gasteiger partial charge in [0.25, 0.3) is 0 Å². The minimum atomic E-state index is 0.737. The third kappa shape index (κ3) is 9.21. The van der Waals surface area contributed by atoms with E-state index in [1.807, 2.05) is 0 Å². The molecule has 0 saturated carbocycles. The molecule has 0 spiro atoms. The van der Waals surface area contributed by atoms with Crippen LogP contribution in [-0.2, 0) is 0 Å². The SMILES string of the molecule is CCCCCCCCCC(NCC)C(C)C. The largest absolute Gasteiger partial charge is 0.314 e. The molecule has 1 unspecified atom stereocenters. The molecule has 0 fully saturated rings. The van der Waals surface area contributed by atoms with Crippen LogP contribution >= 0.6 is 0 Å². The van der Waals surface area contributed by atoms with E-state index in [2.05, 4.69) is 33.0 Å². The van der Waals surface area contributed by atoms with Gasteiger partial charge in [0, 0.05) is 6.04 Å². The van der Waals surface area contributed by atoms with Gasteiger partial charge in [0.15, 0.2) is 0 Å². The number of nitrogens with one attached hydrogen (secondary N) is 1. The van der Waals surface area contributed by atoms with Crippen molar-refractivity contribution in [1.29, 1.82) is 0 Å². The molecular formula is C15H33N. The summed E-state index contributed by atoms with van der Waals surface area (Å²) in [6.07, 6.45) is 11.3. The maximum Gasteiger partial charge on any atom is 0.00899 e. The van der Waals surface area contributed by atoms with Crippen LogP contribution in [0.25, 0.3) is 0 Å². The molecule has 0 radical (unpaired) electrons. The predicted octanol–water partition coefficient (Wildman–Crippen LogP) is 4.76. The summed E-state index contributed by atoms with van der Waals surface area (Å²) in [5.41, 5.74) is 0. The van der Waals surface area contributed by atoms with E-state index in [1.165, 1.54) is 51.4 Å². The van der Waals surface area contributed by atoms with Crippen LogP contribution in [0.3, 0.4) is 0 Å². The first-order valence-corrected chi connectivity index (χ1v) is 7.45. The van der Waals surface area contributed by atoms with Gasteiger partial charge >= 0.3 is 0 Å². The van der Waals surface area contributed by atoms with E-state index in [0.717, 1.165) is 18.5 Å². The highest BCUT2D eigenvalue weighted by molar-refractivity contribution is 4.69. The molecule has 0 rings (SSSR count). The van der Waals surface area contributed by atoms with Gasteiger partial charge in [0.05, 0.1) is 0 Å². The quantitative estimate of drug-likeness (QED) is 0.502. The maximum atomic E-state index is 3.59. The Morgan fingerprint density at radius 3 is 1.88 bits per heavy atom. The summed E-state index contributed by atoms with van der Waals surface area (Å²) in [5.74, 6) is 0.778. The molecule has 0 heterocycles. The molecule has 1 heteroatoms. The van der Waals surface area contributed by atoms with Gasteiger partial charge in [-0.3, -0.25) is 0 Å². The van der Waals surface area contributed by atoms with Crippen molar-refractivity contribution < 1.29 is 0 Å². The molecule has 0 aromatic carbocycles. The van der Waals surface area contributed by atoms with Crippen molar-refractivity contribution in [2.75, 3.05) is 6.54 Å². The average molecular weight is 227 g/mol. The van der Waals surface area contributed by atoms with E-state index in [1.54, 1.807) is 0 Å². The zero-order valence-corrected chi connectivity index (χ0v) is 12.0. The smallest absolute Gasteiger partial charge is 0.00899 e. The minimum Gasteiger partial charge on any atom is -0.314 e. The third-order valence-electron chi connectivity index (χ3n) is 3.39. The second-order valence-corrected chi connectivity index (χ2v) is 5.32. The molecule has 0 aliphatic rings. The zero-order valence-electron chi connectivity index (χ0n) is 12.0. The fourth-order valence-corrected chi connectivity index (χ4v) is 2.25. The molecule has 1 atom stereocenters. The summed E-state index contributed by atoms with van der Waals surface area (Å²) in [6, 6.07) is 0.737. The Hall–Kier alpha value is -0.0400. The first-order chi connectivity index (χ1) is 7.72. The molecule has 0 amide bonds. The fraction of sp³-hybridized carbons (Fsp3) is 1.00. The molecule has 98 valence electrons. The summed E-state index contributed by atoms with van der Waals surface area (Å²) in [6.45, 7) is 10.3. The lowest BCUT2D eigenvalue weighted by Crippen LogP contribution is -2.33. The van der Waals surface area contributed by atoms with Crippen molar-refractivity contribution >= 4 is 0 Å². The molecular weight excluding hydrogens is 194 g/mol. The van der Waals surface area contributed by atoms with Crippen LogP contribution in [0, 0.1) is 5.92 Å². The van der Waals surface area contributed by atoms with E-state index in [9.17, 15) is 0 Å². The van der Waals surface area contributed by atoms with Crippen molar-refractivity contribution in [3.8, 4) is 0 Å². The first kappa shape index (κ1) is 16.0. The number of hydrogen-bond donors (Lipinski definition) is 1. The first-order valence-electron chi connectivity index (χ1n) is 7.45. The van der Waals surface area contributed by atoms with Crippen molar-refractivity contribution in [2.24, 2.45) is 5.92 Å². The van der Waals surface area contributed by atoms with Gasteiger partial charge in [-0.25, -0.2) is 0 Å². The van der Waals surface area contributed by atoms with Gasteiger partial charge in [-0.05, 0) is 18.9 Å². The summed E-state index contributed by atoms with van der Waals surface area (Å²) < 4.78 is 0. The van der Waals surface area contributed by atoms with Gasteiger partial charge in [-0.2, -0.15) is 0 Å². The van der Waals surface area contributed by atoms with Crippen molar-refractivity contribution in [2.45, 2.75) is 85.1 Å². The van der Waals surface area contributed by atoms with Gasteiger partial charge in [-0.1, -0.05) is 72.6 Å². The molecule has 0 aliphatic carbocycles. The Labute approximate surface area is 103 Å². The molecule has 16 heavy (non-hydrogen) atoms. The standard InChI is InChI=1S/C15H33N/c1-5-7-8-9-10-11-12-13-15(14(3)4)16-6-2/h14-16H,5-13H2,1-4H3. The highest BCUT2D eigenvalue weighted by Crippen LogP contribution is 2.13. The summed E-state index contributed by atoms with van der Waals surface area (Å²) >= 11 is 0. The second kappa shape index (κ2) is 11.4. The molecule has 0 aliphatic heterocycles. The Morgan fingerprint density at radius 1 is 0.812 bits per heavy atom. The Balaban J connectivity index is 3.33. The minimum absolute atomic E-state index is 0.737. The number of rotatable bonds is 11. The molecule has 0 aromatic rings. The van der Waals surface area contributed by atoms with Crippen LogP contribution in [0.15, 0.2) is 0 Å². The van der Waals surface area contributed by atoms with Gasteiger partial charge in [-0.15, -0.1) is 0 Å². The number of unbranched alkanes of at least 4 members (excludes halogenated alkanes) is 6. The van der Waals surface area contributed by atoms with Crippen LogP contribution in [0.1, 0.15) is 79.1 Å². The summed E-state index contributed by atoms with van der Waals surface area (Å²) in [5, 5.41) is 3.59. The highest BCUT2D eigenvalue weighted by atomic mass is 14.9. The van der Waals surface area contributed by atoms with Gasteiger partial charge in [0.2, 0.25) is 0 Å². The molecule has 1 nitrogen and oxygen atoms in total. The monoisotopic (exact) mass is 227 g/mol. The lowest BCUT2D eigenvalue weighted by Gasteiger charge is -2.21. The van der Waals surface area contributed by atoms with Crippen LogP contribution < -0.4 is 5.32 Å². The van der Waals surface area contributed by atoms with Crippen molar-refractivity contribution in [1.82, 2.24) is 5.32 Å². The average Bonchev–Trinajstić information content (AvgIpc) is 2.26. The van der Waals surface area contributed by atoms with E-state index >= 15 is 0 Å². The maximum absolute atomic E-state index is 3.59. The molecule has 1 N–H and O–H groups in total. The molecule has 0 aromatic heterocycles. The highest BCUT2D eigenvalue weighted by Gasteiger charge is 2.10. The fourth-order valence-electron chi connectivity index (χ4n) is 2.25. The lowest BCUT2D eigenvalue weighted by atomic mass is 9.97. The summed E-state index contributed by atoms with van der Waals surface area (Å²) in [4.78, 5) is 0. The van der Waals surface area contributed by atoms with E-state index < -0.39 is 0 Å². The van der Waals surface area contributed by atoms with Crippen molar-refractivity contribution in [3.05, 3.63) is 0 Å². The predicted molar refractivity (Wildman–Crippen MR) is 74.9 cm³/mol. The summed E-state index contributed by atoms with van der Waals surface area (Å²) in [7, 11) is 0. The van der Waals surface area contributed by atoms with Crippen molar-refractivity contribution in [3.63, 3.8) is 0 Å². The van der Waals surface area contributed by atoms with Gasteiger partial charge < -0.3 is 5.32 Å². The van der Waals surface area contributed by atoms with Crippen LogP contribution in [0.2, 0.25) is 0 Å². The Morgan fingerprint density at radius 2 is 1.38 bits per heavy atom. The normalized spacial score (nSPS) is 13.3. The van der Waals surface area contributed by atoms with Crippen LogP contribution in [0.5, 0.6) is 0 Å². The van der Waals surface area contributed by atoms with E-state index in [-0.39, 0.29) is 0 Å². The third-order valence-corrected chi connectivity index (χ3v) is 3.39. The van der Waals surface area contributed by atoms with Crippen LogP contribution in [-0.4, -0.2) is 12.6 Å². The Kier molecular flexibility index (Phi) is 11.4. The van der Waals surface area contributed by atoms with E-state index in [4.69, 9.17) is 0 Å². The molecule has 0 bridgehead atoms. The lowest BCUT2D eigenvalue weighted by molar-refractivity contribution is 0.370. The van der Waals surface area contributed by atoms with Crippen LogP contribution in [0.4, 0.5) is 0 Å². The molecule has 0 saturated heterocycles. The van der Waals surface area contributed by atoms with E-state index in [0.29, 0.717) is 0 Å². The zero-order chi connectivity index (χ0) is 12.2. The Bertz CT molecular complexity index is 131. The number of hydrogen-bond acceptors (Lipinski definition) is 1.